The summed E-state index contributed by atoms with van der Waals surface area (Å²) in [4.78, 5) is 16.2. The van der Waals surface area contributed by atoms with Crippen LogP contribution < -0.4 is 4.74 Å². The van der Waals surface area contributed by atoms with Crippen LogP contribution in [0.4, 0.5) is 0 Å². The molecule has 0 saturated heterocycles. The maximum absolute atomic E-state index is 11.6. The van der Waals surface area contributed by atoms with E-state index in [1.165, 1.54) is 7.11 Å². The molecule has 0 N–H and O–H groups in total. The Kier molecular flexibility index (Phi) is 5.44. The molecule has 0 saturated carbocycles. The summed E-state index contributed by atoms with van der Waals surface area (Å²) in [5, 5.41) is 0. The van der Waals surface area contributed by atoms with E-state index in [0.717, 1.165) is 29.0 Å². The van der Waals surface area contributed by atoms with Crippen molar-refractivity contribution in [3.8, 4) is 5.75 Å². The standard InChI is InChI=1S/C15H19ClN2O3/c1-3-9-21-12-6-4-5-11-15(12)17-13(7-8-16)18(11)10-14(19)20-2/h4-6H,3,7-10H2,1-2H3. The Morgan fingerprint density at radius 3 is 2.90 bits per heavy atom. The Balaban J connectivity index is 2.48. The van der Waals surface area contributed by atoms with Crippen LogP contribution in [0.25, 0.3) is 11.0 Å². The van der Waals surface area contributed by atoms with E-state index >= 15 is 0 Å². The van der Waals surface area contributed by atoms with Crippen LogP contribution in [0.5, 0.6) is 5.75 Å². The molecule has 0 unspecified atom stereocenters. The number of methoxy groups -OCH3 is 1. The zero-order valence-electron chi connectivity index (χ0n) is 12.3. The molecule has 0 radical (unpaired) electrons. The minimum atomic E-state index is -0.315. The molecule has 5 nitrogen and oxygen atoms in total. The number of esters is 1. The van der Waals surface area contributed by atoms with Gasteiger partial charge in [0.05, 0.1) is 19.2 Å². The third kappa shape index (κ3) is 3.47. The molecule has 0 aliphatic rings. The van der Waals surface area contributed by atoms with Gasteiger partial charge in [0.1, 0.15) is 23.6 Å². The predicted octanol–water partition coefficient (Wildman–Crippen LogP) is 2.78. The summed E-state index contributed by atoms with van der Waals surface area (Å²) in [6, 6.07) is 5.70. The van der Waals surface area contributed by atoms with Crippen LogP contribution in [0, 0.1) is 0 Å². The number of imidazole rings is 1. The van der Waals surface area contributed by atoms with Crippen LogP contribution >= 0.6 is 11.6 Å². The number of hydrogen-bond donors (Lipinski definition) is 0. The SMILES string of the molecule is CCCOc1cccc2c1nc(CCCl)n2CC(=O)OC. The molecular weight excluding hydrogens is 292 g/mol. The summed E-state index contributed by atoms with van der Waals surface area (Å²) in [6.45, 7) is 2.80. The number of ether oxygens (including phenoxy) is 2. The second kappa shape index (κ2) is 7.31. The average Bonchev–Trinajstić information content (AvgIpc) is 2.84. The van der Waals surface area contributed by atoms with Crippen molar-refractivity contribution < 1.29 is 14.3 Å². The lowest BCUT2D eigenvalue weighted by Gasteiger charge is -2.07. The van der Waals surface area contributed by atoms with Gasteiger partial charge in [0, 0.05) is 12.3 Å². The van der Waals surface area contributed by atoms with E-state index in [2.05, 4.69) is 11.9 Å². The fourth-order valence-electron chi connectivity index (χ4n) is 2.14. The van der Waals surface area contributed by atoms with Crippen molar-refractivity contribution in [3.63, 3.8) is 0 Å². The van der Waals surface area contributed by atoms with E-state index in [9.17, 15) is 4.79 Å². The average molecular weight is 311 g/mol. The molecule has 0 spiro atoms. The summed E-state index contributed by atoms with van der Waals surface area (Å²) in [5.74, 6) is 1.62. The fraction of sp³-hybridized carbons (Fsp3) is 0.467. The van der Waals surface area contributed by atoms with Crippen LogP contribution in [0.3, 0.4) is 0 Å². The number of benzene rings is 1. The van der Waals surface area contributed by atoms with Crippen molar-refractivity contribution in [2.24, 2.45) is 0 Å². The third-order valence-corrected chi connectivity index (χ3v) is 3.30. The highest BCUT2D eigenvalue weighted by molar-refractivity contribution is 6.17. The van der Waals surface area contributed by atoms with Gasteiger partial charge in [-0.05, 0) is 18.6 Å². The van der Waals surface area contributed by atoms with Crippen LogP contribution in [-0.4, -0.2) is 35.1 Å². The Bertz CT molecular complexity index is 625. The number of aromatic nitrogens is 2. The monoisotopic (exact) mass is 310 g/mol. The van der Waals surface area contributed by atoms with E-state index in [4.69, 9.17) is 21.1 Å². The number of aryl methyl sites for hydroxylation is 1. The molecule has 0 atom stereocenters. The van der Waals surface area contributed by atoms with E-state index in [1.807, 2.05) is 22.8 Å². The van der Waals surface area contributed by atoms with Crippen molar-refractivity contribution in [1.82, 2.24) is 9.55 Å². The topological polar surface area (TPSA) is 53.4 Å². The number of para-hydroxylation sites is 1. The first kappa shape index (κ1) is 15.6. The van der Waals surface area contributed by atoms with E-state index < -0.39 is 0 Å². The van der Waals surface area contributed by atoms with Gasteiger partial charge in [-0.2, -0.15) is 0 Å². The summed E-state index contributed by atoms with van der Waals surface area (Å²) >= 11 is 5.83. The maximum Gasteiger partial charge on any atom is 0.325 e. The van der Waals surface area contributed by atoms with Gasteiger partial charge in [0.25, 0.3) is 0 Å². The molecule has 1 heterocycles. The quantitative estimate of drug-likeness (QED) is 0.583. The first-order valence-corrected chi connectivity index (χ1v) is 7.48. The van der Waals surface area contributed by atoms with E-state index in [0.29, 0.717) is 18.9 Å². The molecular formula is C15H19ClN2O3. The van der Waals surface area contributed by atoms with Gasteiger partial charge in [-0.3, -0.25) is 4.79 Å². The molecule has 1 aromatic heterocycles. The molecule has 0 aliphatic carbocycles. The smallest absolute Gasteiger partial charge is 0.325 e. The van der Waals surface area contributed by atoms with Gasteiger partial charge < -0.3 is 14.0 Å². The van der Waals surface area contributed by atoms with Crippen LogP contribution in [0.1, 0.15) is 19.2 Å². The van der Waals surface area contributed by atoms with Crippen molar-refractivity contribution in [2.75, 3.05) is 19.6 Å². The highest BCUT2D eigenvalue weighted by Gasteiger charge is 2.16. The highest BCUT2D eigenvalue weighted by Crippen LogP contribution is 2.26. The molecule has 1 aromatic carbocycles. The third-order valence-electron chi connectivity index (χ3n) is 3.12. The van der Waals surface area contributed by atoms with Crippen molar-refractivity contribution in [2.45, 2.75) is 26.3 Å². The molecule has 0 fully saturated rings. The second-order valence-corrected chi connectivity index (χ2v) is 4.98. The number of rotatable bonds is 7. The maximum atomic E-state index is 11.6. The molecule has 6 heteroatoms. The Morgan fingerprint density at radius 2 is 2.24 bits per heavy atom. The lowest BCUT2D eigenvalue weighted by Crippen LogP contribution is -2.14. The number of carbonyl (C=O) groups excluding carboxylic acids is 1. The zero-order valence-corrected chi connectivity index (χ0v) is 13.0. The molecule has 0 aliphatic heterocycles. The van der Waals surface area contributed by atoms with Crippen LogP contribution in [0.15, 0.2) is 18.2 Å². The van der Waals surface area contributed by atoms with Gasteiger partial charge in [0.15, 0.2) is 0 Å². The predicted molar refractivity (Wildman–Crippen MR) is 82.0 cm³/mol. The molecule has 114 valence electrons. The minimum Gasteiger partial charge on any atom is -0.491 e. The zero-order chi connectivity index (χ0) is 15.2. The van der Waals surface area contributed by atoms with E-state index in [-0.39, 0.29) is 12.5 Å². The lowest BCUT2D eigenvalue weighted by atomic mass is 10.3. The number of alkyl halides is 1. The number of hydrogen-bond acceptors (Lipinski definition) is 4. The lowest BCUT2D eigenvalue weighted by molar-refractivity contribution is -0.141. The van der Waals surface area contributed by atoms with Crippen molar-refractivity contribution in [3.05, 3.63) is 24.0 Å². The summed E-state index contributed by atoms with van der Waals surface area (Å²) in [6.07, 6.45) is 1.51. The second-order valence-electron chi connectivity index (χ2n) is 4.60. The van der Waals surface area contributed by atoms with Crippen molar-refractivity contribution in [1.29, 1.82) is 0 Å². The normalized spacial score (nSPS) is 10.8. The Labute approximate surface area is 128 Å². The Morgan fingerprint density at radius 1 is 1.43 bits per heavy atom. The van der Waals surface area contributed by atoms with Gasteiger partial charge in [-0.1, -0.05) is 13.0 Å². The minimum absolute atomic E-state index is 0.121. The molecule has 21 heavy (non-hydrogen) atoms. The number of fused-ring (bicyclic) bond motifs is 1. The van der Waals surface area contributed by atoms with Crippen LogP contribution in [0.2, 0.25) is 0 Å². The summed E-state index contributed by atoms with van der Waals surface area (Å²) < 4.78 is 12.3. The number of halogens is 1. The van der Waals surface area contributed by atoms with Gasteiger partial charge in [0.2, 0.25) is 0 Å². The van der Waals surface area contributed by atoms with Crippen molar-refractivity contribution >= 4 is 28.6 Å². The van der Waals surface area contributed by atoms with Crippen LogP contribution in [-0.2, 0) is 22.5 Å². The molecule has 2 rings (SSSR count). The number of carbonyl (C=O) groups is 1. The summed E-state index contributed by atoms with van der Waals surface area (Å²) in [5.41, 5.74) is 1.61. The van der Waals surface area contributed by atoms with Gasteiger partial charge in [-0.25, -0.2) is 4.98 Å². The first-order valence-electron chi connectivity index (χ1n) is 6.95. The molecule has 2 aromatic rings. The highest BCUT2D eigenvalue weighted by atomic mass is 35.5. The fourth-order valence-corrected chi connectivity index (χ4v) is 2.31. The van der Waals surface area contributed by atoms with E-state index in [1.54, 1.807) is 0 Å². The first-order chi connectivity index (χ1) is 10.2. The Hall–Kier alpha value is -1.75. The summed E-state index contributed by atoms with van der Waals surface area (Å²) in [7, 11) is 1.37. The molecule has 0 amide bonds. The largest absolute Gasteiger partial charge is 0.491 e. The number of nitrogens with zero attached hydrogens (tertiary/aromatic N) is 2. The molecule has 0 bridgehead atoms. The van der Waals surface area contributed by atoms with Gasteiger partial charge >= 0.3 is 5.97 Å². The van der Waals surface area contributed by atoms with Gasteiger partial charge in [-0.15, -0.1) is 11.6 Å².